The lowest BCUT2D eigenvalue weighted by Gasteiger charge is -2.21. The minimum Gasteiger partial charge on any atom is -0.399 e. The van der Waals surface area contributed by atoms with Crippen LogP contribution in [0.15, 0.2) is 48.7 Å². The van der Waals surface area contributed by atoms with E-state index in [2.05, 4.69) is 47.5 Å². The zero-order chi connectivity index (χ0) is 16.9. The normalized spacial score (nSPS) is 11.5. The largest absolute Gasteiger partial charge is 0.399 e. The van der Waals surface area contributed by atoms with Gasteiger partial charge in [0.15, 0.2) is 0 Å². The molecular weight excluding hydrogens is 296 g/mol. The van der Waals surface area contributed by atoms with Crippen molar-refractivity contribution in [2.45, 2.75) is 33.2 Å². The van der Waals surface area contributed by atoms with E-state index < -0.39 is 0 Å². The molecular formula is C20H26N4. The molecule has 0 amide bonds. The molecule has 0 bridgehead atoms. The maximum atomic E-state index is 5.99. The third-order valence-electron chi connectivity index (χ3n) is 4.24. The third kappa shape index (κ3) is 3.44. The summed E-state index contributed by atoms with van der Waals surface area (Å²) in [6.07, 6.45) is 4.41. The van der Waals surface area contributed by atoms with Gasteiger partial charge in [0, 0.05) is 24.0 Å². The van der Waals surface area contributed by atoms with Gasteiger partial charge in [0.25, 0.3) is 0 Å². The van der Waals surface area contributed by atoms with Gasteiger partial charge in [0.2, 0.25) is 0 Å². The maximum Gasteiger partial charge on any atom is 0.137 e. The molecule has 0 spiro atoms. The van der Waals surface area contributed by atoms with Crippen molar-refractivity contribution in [3.63, 3.8) is 0 Å². The first-order valence-electron chi connectivity index (χ1n) is 8.77. The summed E-state index contributed by atoms with van der Waals surface area (Å²) in [5, 5.41) is 0. The van der Waals surface area contributed by atoms with Crippen LogP contribution >= 0.6 is 0 Å². The van der Waals surface area contributed by atoms with Gasteiger partial charge in [-0.1, -0.05) is 32.0 Å². The van der Waals surface area contributed by atoms with Crippen molar-refractivity contribution in [3.8, 4) is 11.3 Å². The quantitative estimate of drug-likeness (QED) is 0.663. The van der Waals surface area contributed by atoms with Gasteiger partial charge < -0.3 is 10.1 Å². The van der Waals surface area contributed by atoms with Gasteiger partial charge in [-0.25, -0.2) is 4.98 Å². The summed E-state index contributed by atoms with van der Waals surface area (Å²) < 4.78 is 2.21. The molecule has 0 aliphatic carbocycles. The minimum atomic E-state index is 0.773. The smallest absolute Gasteiger partial charge is 0.137 e. The molecule has 2 N–H and O–H groups in total. The van der Waals surface area contributed by atoms with Crippen LogP contribution < -0.4 is 5.73 Å². The van der Waals surface area contributed by atoms with E-state index in [4.69, 9.17) is 10.7 Å². The number of nitrogens with two attached hydrogens (primary N) is 1. The summed E-state index contributed by atoms with van der Waals surface area (Å²) in [6, 6.07) is 14.2. The molecule has 2 heterocycles. The zero-order valence-electron chi connectivity index (χ0n) is 14.6. The highest BCUT2D eigenvalue weighted by Crippen LogP contribution is 2.27. The monoisotopic (exact) mass is 322 g/mol. The molecule has 0 saturated carbocycles. The fraction of sp³-hybridized carbons (Fsp3) is 0.350. The molecule has 2 aromatic heterocycles. The van der Waals surface area contributed by atoms with Gasteiger partial charge in [0.05, 0.1) is 11.4 Å². The fourth-order valence-electron chi connectivity index (χ4n) is 3.23. The molecule has 0 atom stereocenters. The van der Waals surface area contributed by atoms with Crippen LogP contribution in [0.2, 0.25) is 0 Å². The number of anilines is 1. The molecule has 0 aliphatic rings. The van der Waals surface area contributed by atoms with Crippen LogP contribution in [0.3, 0.4) is 0 Å². The van der Waals surface area contributed by atoms with Crippen LogP contribution in [0.1, 0.15) is 32.4 Å². The predicted octanol–water partition coefficient (Wildman–Crippen LogP) is 4.21. The number of fused-ring (bicyclic) bond motifs is 1. The van der Waals surface area contributed by atoms with E-state index in [1.807, 2.05) is 24.3 Å². The Hall–Kier alpha value is -2.33. The molecule has 126 valence electrons. The Morgan fingerprint density at radius 3 is 2.54 bits per heavy atom. The van der Waals surface area contributed by atoms with Gasteiger partial charge in [0.1, 0.15) is 5.65 Å². The molecule has 0 saturated heterocycles. The third-order valence-corrected chi connectivity index (χ3v) is 4.24. The van der Waals surface area contributed by atoms with Crippen LogP contribution in [0.5, 0.6) is 0 Å². The highest BCUT2D eigenvalue weighted by Gasteiger charge is 2.16. The van der Waals surface area contributed by atoms with E-state index in [9.17, 15) is 0 Å². The SMILES string of the molecule is CCCN(CCC)Cc1c(-c2cccc(N)c2)nc2ccccn12. The number of benzene rings is 1. The number of hydrogen-bond donors (Lipinski definition) is 1. The van der Waals surface area contributed by atoms with Crippen LogP contribution in [0.4, 0.5) is 5.69 Å². The highest BCUT2D eigenvalue weighted by atomic mass is 15.1. The van der Waals surface area contributed by atoms with Gasteiger partial charge in [-0.15, -0.1) is 0 Å². The van der Waals surface area contributed by atoms with Gasteiger partial charge in [-0.2, -0.15) is 0 Å². The number of nitrogen functional groups attached to an aromatic ring is 1. The van der Waals surface area contributed by atoms with Crippen LogP contribution in [0, 0.1) is 0 Å². The van der Waals surface area contributed by atoms with Crippen molar-refractivity contribution in [2.75, 3.05) is 18.8 Å². The lowest BCUT2D eigenvalue weighted by Crippen LogP contribution is -2.25. The number of aromatic nitrogens is 2. The zero-order valence-corrected chi connectivity index (χ0v) is 14.6. The van der Waals surface area contributed by atoms with Crippen LogP contribution in [0.25, 0.3) is 16.9 Å². The van der Waals surface area contributed by atoms with Crippen molar-refractivity contribution in [1.82, 2.24) is 14.3 Å². The number of hydrogen-bond acceptors (Lipinski definition) is 3. The highest BCUT2D eigenvalue weighted by molar-refractivity contribution is 5.69. The van der Waals surface area contributed by atoms with Crippen molar-refractivity contribution in [2.24, 2.45) is 0 Å². The first-order chi connectivity index (χ1) is 11.7. The predicted molar refractivity (Wildman–Crippen MR) is 101 cm³/mol. The number of pyridine rings is 1. The summed E-state index contributed by atoms with van der Waals surface area (Å²) >= 11 is 0. The molecule has 1 aromatic carbocycles. The van der Waals surface area contributed by atoms with Crippen LogP contribution in [-0.2, 0) is 6.54 Å². The molecule has 0 aliphatic heterocycles. The molecule has 4 heteroatoms. The van der Waals surface area contributed by atoms with Crippen molar-refractivity contribution in [3.05, 3.63) is 54.4 Å². The van der Waals surface area contributed by atoms with Crippen LogP contribution in [-0.4, -0.2) is 27.4 Å². The van der Waals surface area contributed by atoms with Crippen molar-refractivity contribution < 1.29 is 0 Å². The summed E-state index contributed by atoms with van der Waals surface area (Å²) in [5.74, 6) is 0. The lowest BCUT2D eigenvalue weighted by molar-refractivity contribution is 0.263. The summed E-state index contributed by atoms with van der Waals surface area (Å²) in [6.45, 7) is 7.57. The first-order valence-corrected chi connectivity index (χ1v) is 8.77. The topological polar surface area (TPSA) is 46.6 Å². The molecule has 0 radical (unpaired) electrons. The second-order valence-corrected chi connectivity index (χ2v) is 6.24. The molecule has 3 aromatic rings. The van der Waals surface area contributed by atoms with Gasteiger partial charge in [-0.05, 0) is 50.2 Å². The Morgan fingerprint density at radius 2 is 1.83 bits per heavy atom. The Kier molecular flexibility index (Phi) is 5.16. The Balaban J connectivity index is 2.08. The summed E-state index contributed by atoms with van der Waals surface area (Å²) in [4.78, 5) is 7.38. The minimum absolute atomic E-state index is 0.773. The van der Waals surface area contributed by atoms with Crippen molar-refractivity contribution in [1.29, 1.82) is 0 Å². The van der Waals surface area contributed by atoms with E-state index in [-0.39, 0.29) is 0 Å². The van der Waals surface area contributed by atoms with E-state index in [0.717, 1.165) is 55.1 Å². The maximum absolute atomic E-state index is 5.99. The second kappa shape index (κ2) is 7.49. The average molecular weight is 322 g/mol. The summed E-state index contributed by atoms with van der Waals surface area (Å²) in [7, 11) is 0. The molecule has 0 fully saturated rings. The number of imidazole rings is 1. The number of nitrogens with zero attached hydrogens (tertiary/aromatic N) is 3. The molecule has 3 rings (SSSR count). The van der Waals surface area contributed by atoms with E-state index in [1.165, 1.54) is 5.69 Å². The lowest BCUT2D eigenvalue weighted by atomic mass is 10.1. The van der Waals surface area contributed by atoms with Crippen molar-refractivity contribution >= 4 is 11.3 Å². The first kappa shape index (κ1) is 16.5. The second-order valence-electron chi connectivity index (χ2n) is 6.24. The molecule has 4 nitrogen and oxygen atoms in total. The molecule has 24 heavy (non-hydrogen) atoms. The molecule has 0 unspecified atom stereocenters. The van der Waals surface area contributed by atoms with E-state index in [1.54, 1.807) is 0 Å². The standard InChI is InChI=1S/C20H26N4/c1-3-11-23(12-4-2)15-18-20(16-8-7-9-17(21)14-16)22-19-10-5-6-13-24(18)19/h5-10,13-14H,3-4,11-12,15,21H2,1-2H3. The van der Waals surface area contributed by atoms with E-state index >= 15 is 0 Å². The fourth-order valence-corrected chi connectivity index (χ4v) is 3.23. The average Bonchev–Trinajstić information content (AvgIpc) is 2.94. The Bertz CT molecular complexity index is 800. The summed E-state index contributed by atoms with van der Waals surface area (Å²) in [5.41, 5.74) is 11.1. The van der Waals surface area contributed by atoms with Gasteiger partial charge >= 0.3 is 0 Å². The Morgan fingerprint density at radius 1 is 1.04 bits per heavy atom. The Labute approximate surface area is 143 Å². The number of rotatable bonds is 7. The van der Waals surface area contributed by atoms with Gasteiger partial charge in [-0.3, -0.25) is 4.90 Å². The van der Waals surface area contributed by atoms with E-state index in [0.29, 0.717) is 0 Å².